The molecule has 24 heavy (non-hydrogen) atoms. The van der Waals surface area contributed by atoms with Crippen LogP contribution >= 0.6 is 24.0 Å². The summed E-state index contributed by atoms with van der Waals surface area (Å²) < 4.78 is 14.9. The molecule has 2 fully saturated rings. The molecule has 5 nitrogen and oxygen atoms in total. The molecule has 1 atom stereocenters. The third-order valence-corrected chi connectivity index (χ3v) is 5.23. The molecule has 2 aromatic rings. The summed E-state index contributed by atoms with van der Waals surface area (Å²) in [6.07, 6.45) is 4.41. The van der Waals surface area contributed by atoms with E-state index >= 15 is 0 Å². The maximum Gasteiger partial charge on any atom is 0.141 e. The Morgan fingerprint density at radius 1 is 1.33 bits per heavy atom. The van der Waals surface area contributed by atoms with Gasteiger partial charge in [0.25, 0.3) is 0 Å². The van der Waals surface area contributed by atoms with Crippen molar-refractivity contribution in [3.05, 3.63) is 40.9 Å². The minimum atomic E-state index is -0.428. The van der Waals surface area contributed by atoms with Crippen LogP contribution < -0.4 is 5.32 Å². The average Bonchev–Trinajstić information content (AvgIpc) is 3.26. The first-order chi connectivity index (χ1) is 11.1. The number of nitrogens with one attached hydrogen (secondary N) is 1. The van der Waals surface area contributed by atoms with E-state index in [9.17, 15) is 4.39 Å². The van der Waals surface area contributed by atoms with Gasteiger partial charge in [-0.2, -0.15) is 0 Å². The maximum absolute atomic E-state index is 13.2. The number of hydrogen-bond donors (Lipinski definition) is 1. The number of aromatic nitrogens is 3. The highest BCUT2D eigenvalue weighted by atomic mass is 35.5. The van der Waals surface area contributed by atoms with Crippen LogP contribution in [0.1, 0.15) is 18.5 Å². The zero-order valence-corrected chi connectivity index (χ0v) is 14.8. The van der Waals surface area contributed by atoms with E-state index in [-0.39, 0.29) is 17.4 Å². The van der Waals surface area contributed by atoms with E-state index in [0.29, 0.717) is 11.1 Å². The minimum absolute atomic E-state index is 0. The molecular formula is C16H20Cl2FN5. The molecule has 130 valence electrons. The van der Waals surface area contributed by atoms with Crippen molar-refractivity contribution in [2.45, 2.75) is 19.4 Å². The van der Waals surface area contributed by atoms with Crippen molar-refractivity contribution >= 4 is 24.0 Å². The SMILES string of the molecule is Cl.Fc1ccc(-n2cc(CN3CCC4(CCNC4)C3)nn2)cc1Cl. The topological polar surface area (TPSA) is 46.0 Å². The van der Waals surface area contributed by atoms with E-state index in [1.807, 2.05) is 6.20 Å². The van der Waals surface area contributed by atoms with Crippen LogP contribution in [0.25, 0.3) is 5.69 Å². The summed E-state index contributed by atoms with van der Waals surface area (Å²) in [5.74, 6) is -0.428. The van der Waals surface area contributed by atoms with Gasteiger partial charge in [-0.15, -0.1) is 17.5 Å². The first kappa shape index (κ1) is 17.6. The van der Waals surface area contributed by atoms with Gasteiger partial charge in [-0.25, -0.2) is 9.07 Å². The highest BCUT2D eigenvalue weighted by Crippen LogP contribution is 2.36. The van der Waals surface area contributed by atoms with Gasteiger partial charge in [0.15, 0.2) is 0 Å². The summed E-state index contributed by atoms with van der Waals surface area (Å²) in [7, 11) is 0. The smallest absolute Gasteiger partial charge is 0.141 e. The third kappa shape index (κ3) is 3.42. The Morgan fingerprint density at radius 2 is 2.21 bits per heavy atom. The predicted molar refractivity (Wildman–Crippen MR) is 93.4 cm³/mol. The van der Waals surface area contributed by atoms with E-state index in [1.165, 1.54) is 18.9 Å². The van der Waals surface area contributed by atoms with Gasteiger partial charge in [-0.05, 0) is 49.5 Å². The largest absolute Gasteiger partial charge is 0.316 e. The monoisotopic (exact) mass is 371 g/mol. The second-order valence-corrected chi connectivity index (χ2v) is 7.05. The van der Waals surface area contributed by atoms with Gasteiger partial charge in [0, 0.05) is 19.6 Å². The number of hydrogen-bond acceptors (Lipinski definition) is 4. The van der Waals surface area contributed by atoms with E-state index in [0.717, 1.165) is 38.4 Å². The molecule has 1 aromatic carbocycles. The molecule has 1 spiro atoms. The van der Waals surface area contributed by atoms with Crippen molar-refractivity contribution in [2.75, 3.05) is 26.2 Å². The van der Waals surface area contributed by atoms with Crippen molar-refractivity contribution in [3.63, 3.8) is 0 Å². The zero-order chi connectivity index (χ0) is 15.9. The molecule has 4 rings (SSSR count). The Kier molecular flexibility index (Phi) is 5.11. The molecule has 0 saturated carbocycles. The summed E-state index contributed by atoms with van der Waals surface area (Å²) in [5, 5.41) is 11.9. The highest BCUT2D eigenvalue weighted by molar-refractivity contribution is 6.30. The molecule has 0 aliphatic carbocycles. The molecule has 2 aliphatic heterocycles. The van der Waals surface area contributed by atoms with Gasteiger partial charge in [0.1, 0.15) is 5.82 Å². The van der Waals surface area contributed by atoms with Gasteiger partial charge < -0.3 is 5.32 Å². The molecule has 3 heterocycles. The molecular weight excluding hydrogens is 352 g/mol. The second-order valence-electron chi connectivity index (χ2n) is 6.64. The zero-order valence-electron chi connectivity index (χ0n) is 13.2. The first-order valence-electron chi connectivity index (χ1n) is 7.93. The third-order valence-electron chi connectivity index (χ3n) is 4.94. The van der Waals surface area contributed by atoms with Crippen LogP contribution in [0.15, 0.2) is 24.4 Å². The van der Waals surface area contributed by atoms with Crippen molar-refractivity contribution in [1.82, 2.24) is 25.2 Å². The van der Waals surface area contributed by atoms with E-state index < -0.39 is 5.82 Å². The predicted octanol–water partition coefficient (Wildman–Crippen LogP) is 2.67. The second kappa shape index (κ2) is 6.96. The Balaban J connectivity index is 0.00000169. The minimum Gasteiger partial charge on any atom is -0.316 e. The quantitative estimate of drug-likeness (QED) is 0.900. The molecule has 1 N–H and O–H groups in total. The van der Waals surface area contributed by atoms with E-state index in [4.69, 9.17) is 11.6 Å². The van der Waals surface area contributed by atoms with Crippen LogP contribution in [0.5, 0.6) is 0 Å². The van der Waals surface area contributed by atoms with Crippen molar-refractivity contribution in [1.29, 1.82) is 0 Å². The van der Waals surface area contributed by atoms with Gasteiger partial charge >= 0.3 is 0 Å². The number of halogens is 3. The molecule has 0 radical (unpaired) electrons. The molecule has 0 bridgehead atoms. The summed E-state index contributed by atoms with van der Waals surface area (Å²) in [5.41, 5.74) is 2.10. The number of likely N-dealkylation sites (tertiary alicyclic amines) is 1. The number of rotatable bonds is 3. The fourth-order valence-electron chi connectivity index (χ4n) is 3.66. The molecule has 1 unspecified atom stereocenters. The summed E-state index contributed by atoms with van der Waals surface area (Å²) in [6, 6.07) is 4.55. The highest BCUT2D eigenvalue weighted by Gasteiger charge is 2.40. The van der Waals surface area contributed by atoms with Gasteiger partial charge in [0.05, 0.1) is 22.6 Å². The Labute approximate surface area is 151 Å². The van der Waals surface area contributed by atoms with E-state index in [2.05, 4.69) is 20.5 Å². The summed E-state index contributed by atoms with van der Waals surface area (Å²) >= 11 is 5.83. The molecule has 2 aliphatic rings. The van der Waals surface area contributed by atoms with Crippen LogP contribution in [0, 0.1) is 11.2 Å². The van der Waals surface area contributed by atoms with Crippen molar-refractivity contribution < 1.29 is 4.39 Å². The van der Waals surface area contributed by atoms with Gasteiger partial charge in [-0.1, -0.05) is 16.8 Å². The summed E-state index contributed by atoms with van der Waals surface area (Å²) in [6.45, 7) is 5.29. The maximum atomic E-state index is 13.2. The standard InChI is InChI=1S/C16H19ClFN5.ClH/c17-14-7-13(1-2-15(14)18)23-9-12(20-21-23)8-22-6-4-16(11-22)3-5-19-10-16;/h1-2,7,9,19H,3-6,8,10-11H2;1H. The van der Waals surface area contributed by atoms with Crippen LogP contribution in [-0.2, 0) is 6.54 Å². The lowest BCUT2D eigenvalue weighted by Gasteiger charge is -2.22. The Morgan fingerprint density at radius 3 is 2.96 bits per heavy atom. The lowest BCUT2D eigenvalue weighted by Crippen LogP contribution is -2.29. The molecule has 1 aromatic heterocycles. The number of nitrogens with zero attached hydrogens (tertiary/aromatic N) is 4. The van der Waals surface area contributed by atoms with Crippen LogP contribution in [0.2, 0.25) is 5.02 Å². The first-order valence-corrected chi connectivity index (χ1v) is 8.31. The van der Waals surface area contributed by atoms with Crippen LogP contribution in [-0.4, -0.2) is 46.1 Å². The molecule has 2 saturated heterocycles. The van der Waals surface area contributed by atoms with E-state index in [1.54, 1.807) is 16.8 Å². The fraction of sp³-hybridized carbons (Fsp3) is 0.500. The van der Waals surface area contributed by atoms with Gasteiger partial charge in [-0.3, -0.25) is 4.90 Å². The fourth-order valence-corrected chi connectivity index (χ4v) is 3.84. The van der Waals surface area contributed by atoms with Crippen LogP contribution in [0.4, 0.5) is 4.39 Å². The lowest BCUT2D eigenvalue weighted by molar-refractivity contribution is 0.266. The number of benzene rings is 1. The summed E-state index contributed by atoms with van der Waals surface area (Å²) in [4.78, 5) is 2.44. The lowest BCUT2D eigenvalue weighted by atomic mass is 9.87. The Hall–Kier alpha value is -1.21. The average molecular weight is 372 g/mol. The van der Waals surface area contributed by atoms with Crippen molar-refractivity contribution in [3.8, 4) is 5.69 Å². The molecule has 0 amide bonds. The van der Waals surface area contributed by atoms with Crippen molar-refractivity contribution in [2.24, 2.45) is 5.41 Å². The normalized spacial score (nSPS) is 23.8. The molecule has 8 heteroatoms. The van der Waals surface area contributed by atoms with Gasteiger partial charge in [0.2, 0.25) is 0 Å². The Bertz CT molecular complexity index is 714. The van der Waals surface area contributed by atoms with Crippen LogP contribution in [0.3, 0.4) is 0 Å².